The molecule has 2 rings (SSSR count). The van der Waals surface area contributed by atoms with E-state index < -0.39 is 74.3 Å². The molecule has 9 atom stereocenters. The molecule has 22 heavy (non-hydrogen) atoms. The minimum atomic E-state index is -1.75. The zero-order valence-electron chi connectivity index (χ0n) is 11.5. The van der Waals surface area contributed by atoms with Crippen molar-refractivity contribution < 1.29 is 50.3 Å². The van der Waals surface area contributed by atoms with Crippen LogP contribution in [0.3, 0.4) is 0 Å². The molecule has 0 aliphatic carbocycles. The third-order valence-electron chi connectivity index (χ3n) is 3.99. The molecule has 0 saturated carbocycles. The zero-order valence-corrected chi connectivity index (χ0v) is 11.5. The van der Waals surface area contributed by atoms with Crippen molar-refractivity contribution in [2.24, 2.45) is 0 Å². The van der Waals surface area contributed by atoms with Crippen LogP contribution >= 0.6 is 0 Å². The molecule has 2 aliphatic rings. The second-order valence-corrected chi connectivity index (χ2v) is 5.42. The van der Waals surface area contributed by atoms with Gasteiger partial charge in [-0.05, 0) is 0 Å². The number of aliphatic hydroxyl groups excluding tert-OH is 8. The first kappa shape index (κ1) is 17.9. The fourth-order valence-electron chi connectivity index (χ4n) is 2.61. The van der Waals surface area contributed by atoms with Gasteiger partial charge in [-0.1, -0.05) is 0 Å². The van der Waals surface area contributed by atoms with Crippen molar-refractivity contribution in [1.82, 2.24) is 0 Å². The van der Waals surface area contributed by atoms with Crippen molar-refractivity contribution in [3.05, 3.63) is 6.10 Å². The molecular weight excluding hydrogens is 304 g/mol. The Kier molecular flexibility index (Phi) is 5.72. The van der Waals surface area contributed by atoms with Crippen molar-refractivity contribution in [3.63, 3.8) is 0 Å². The topological polar surface area (TPSA) is 180 Å². The highest BCUT2D eigenvalue weighted by Crippen LogP contribution is 2.35. The fraction of sp³-hybridized carbons (Fsp3) is 0.917. The summed E-state index contributed by atoms with van der Waals surface area (Å²) in [5.74, 6) is 0. The Labute approximate surface area is 125 Å². The molecule has 2 fully saturated rings. The lowest BCUT2D eigenvalue weighted by molar-refractivity contribution is -0.269. The van der Waals surface area contributed by atoms with Gasteiger partial charge in [-0.3, -0.25) is 0 Å². The van der Waals surface area contributed by atoms with Crippen molar-refractivity contribution >= 4 is 0 Å². The quantitative estimate of drug-likeness (QED) is 0.250. The number of hydrogen-bond acceptors (Lipinski definition) is 10. The summed E-state index contributed by atoms with van der Waals surface area (Å²) in [7, 11) is 0. The average molecular weight is 325 g/mol. The second-order valence-electron chi connectivity index (χ2n) is 5.42. The number of rotatable bonds is 3. The summed E-state index contributed by atoms with van der Waals surface area (Å²) in [5, 5.41) is 77.0. The van der Waals surface area contributed by atoms with E-state index in [4.69, 9.17) is 19.7 Å². The lowest BCUT2D eigenvalue weighted by Gasteiger charge is -2.47. The van der Waals surface area contributed by atoms with Crippen LogP contribution in [0.4, 0.5) is 0 Å². The van der Waals surface area contributed by atoms with Crippen LogP contribution in [0.1, 0.15) is 0 Å². The number of ether oxygens (including phenoxy) is 2. The van der Waals surface area contributed by atoms with E-state index in [0.717, 1.165) is 0 Å². The molecule has 0 aromatic carbocycles. The fourth-order valence-corrected chi connectivity index (χ4v) is 2.61. The second kappa shape index (κ2) is 7.01. The Morgan fingerprint density at radius 1 is 0.682 bits per heavy atom. The van der Waals surface area contributed by atoms with Gasteiger partial charge in [0.1, 0.15) is 54.9 Å². The summed E-state index contributed by atoms with van der Waals surface area (Å²) in [6, 6.07) is 0. The molecule has 8 N–H and O–H groups in total. The monoisotopic (exact) mass is 325 g/mol. The first-order valence-electron chi connectivity index (χ1n) is 6.82. The lowest BCUT2D eigenvalue weighted by atomic mass is 9.86. The predicted octanol–water partition coefficient (Wildman–Crippen LogP) is -5.17. The first-order chi connectivity index (χ1) is 10.3. The molecule has 2 saturated heterocycles. The van der Waals surface area contributed by atoms with Gasteiger partial charge in [-0.2, -0.15) is 0 Å². The van der Waals surface area contributed by atoms with Gasteiger partial charge in [0.15, 0.2) is 6.10 Å². The summed E-state index contributed by atoms with van der Waals surface area (Å²) in [6.45, 7) is -1.34. The summed E-state index contributed by atoms with van der Waals surface area (Å²) < 4.78 is 10.4. The van der Waals surface area contributed by atoms with E-state index in [1.165, 1.54) is 0 Å². The predicted molar refractivity (Wildman–Crippen MR) is 67.0 cm³/mol. The van der Waals surface area contributed by atoms with Crippen molar-refractivity contribution in [2.45, 2.75) is 54.9 Å². The third kappa shape index (κ3) is 2.99. The molecule has 1 unspecified atom stereocenters. The minimum absolute atomic E-state index is 0.409. The average Bonchev–Trinajstić information content (AvgIpc) is 2.52. The van der Waals surface area contributed by atoms with E-state index in [9.17, 15) is 30.6 Å². The highest BCUT2D eigenvalue weighted by molar-refractivity contribution is 5.11. The third-order valence-corrected chi connectivity index (χ3v) is 3.99. The van der Waals surface area contributed by atoms with Gasteiger partial charge in [-0.25, -0.2) is 0 Å². The Hall–Kier alpha value is -0.400. The normalized spacial score (nSPS) is 51.0. The minimum Gasteiger partial charge on any atom is -0.394 e. The van der Waals surface area contributed by atoms with Gasteiger partial charge in [0.05, 0.1) is 13.2 Å². The van der Waals surface area contributed by atoms with Crippen molar-refractivity contribution in [1.29, 1.82) is 0 Å². The Bertz CT molecular complexity index is 330. The smallest absolute Gasteiger partial charge is 0.160 e. The highest BCUT2D eigenvalue weighted by Gasteiger charge is 2.54. The maximum absolute atomic E-state index is 9.97. The summed E-state index contributed by atoms with van der Waals surface area (Å²) >= 11 is 0. The molecular formula is C12H21O10. The molecule has 0 spiro atoms. The van der Waals surface area contributed by atoms with Crippen LogP contribution in [0.2, 0.25) is 0 Å². The van der Waals surface area contributed by atoms with Crippen molar-refractivity contribution in [3.8, 4) is 0 Å². The van der Waals surface area contributed by atoms with Crippen LogP contribution in [-0.2, 0) is 9.47 Å². The van der Waals surface area contributed by atoms with Gasteiger partial charge >= 0.3 is 0 Å². The molecule has 2 heterocycles. The molecule has 129 valence electrons. The molecule has 1 radical (unpaired) electrons. The van der Waals surface area contributed by atoms with E-state index >= 15 is 0 Å². The van der Waals surface area contributed by atoms with Gasteiger partial charge < -0.3 is 50.3 Å². The maximum atomic E-state index is 9.97. The van der Waals surface area contributed by atoms with Crippen LogP contribution in [0.5, 0.6) is 0 Å². The first-order valence-corrected chi connectivity index (χ1v) is 6.82. The molecule has 0 bridgehead atoms. The van der Waals surface area contributed by atoms with E-state index in [1.54, 1.807) is 0 Å². The van der Waals surface area contributed by atoms with Crippen LogP contribution in [-0.4, -0.2) is 109 Å². The summed E-state index contributed by atoms with van der Waals surface area (Å²) in [6.07, 6.45) is -14.3. The van der Waals surface area contributed by atoms with Crippen molar-refractivity contribution in [2.75, 3.05) is 13.2 Å². The molecule has 10 nitrogen and oxygen atoms in total. The van der Waals surface area contributed by atoms with E-state index in [1.807, 2.05) is 0 Å². The molecule has 0 amide bonds. The molecule has 0 aromatic rings. The van der Waals surface area contributed by atoms with E-state index in [-0.39, 0.29) is 0 Å². The zero-order chi connectivity index (χ0) is 16.6. The van der Waals surface area contributed by atoms with Gasteiger partial charge in [0.2, 0.25) is 0 Å². The standard InChI is InChI=1S/C12H21O10/c13-1-3-5(15)7(17)9(19)11(21-3)12-10(20)8(18)6(16)4(2-14)22-12/h3-11,13-20H,1-2H2/t3-,4+,5-,6+,7+,8-,9-,10+,11?/m1/s1. The van der Waals surface area contributed by atoms with Crippen LogP contribution in [0.25, 0.3) is 0 Å². The number of aliphatic hydroxyl groups is 8. The van der Waals surface area contributed by atoms with Gasteiger partial charge in [-0.15, -0.1) is 0 Å². The van der Waals surface area contributed by atoms with E-state index in [2.05, 4.69) is 0 Å². The van der Waals surface area contributed by atoms with Gasteiger partial charge in [0, 0.05) is 0 Å². The Morgan fingerprint density at radius 2 is 1.23 bits per heavy atom. The van der Waals surface area contributed by atoms with E-state index in [0.29, 0.717) is 0 Å². The maximum Gasteiger partial charge on any atom is 0.160 e. The lowest BCUT2D eigenvalue weighted by Crippen LogP contribution is -2.65. The molecule has 10 heteroatoms. The largest absolute Gasteiger partial charge is 0.394 e. The van der Waals surface area contributed by atoms with Crippen LogP contribution < -0.4 is 0 Å². The summed E-state index contributed by atoms with van der Waals surface area (Å²) in [4.78, 5) is 0. The SMILES string of the molecule is OC[C@@H]1O[C](C2O[C@H](CO)[C@@H](O)[C@H](O)[C@H]2O)[C@@H](O)[C@H](O)[C@H]1O. The summed E-state index contributed by atoms with van der Waals surface area (Å²) in [5.41, 5.74) is 0. The Morgan fingerprint density at radius 3 is 1.77 bits per heavy atom. The van der Waals surface area contributed by atoms with Crippen LogP contribution in [0.15, 0.2) is 0 Å². The van der Waals surface area contributed by atoms with Gasteiger partial charge in [0.25, 0.3) is 0 Å². The Balaban J connectivity index is 2.21. The molecule has 2 aliphatic heterocycles. The number of hydrogen-bond donors (Lipinski definition) is 8. The molecule has 0 aromatic heterocycles. The highest BCUT2D eigenvalue weighted by atomic mass is 16.6. The van der Waals surface area contributed by atoms with Crippen LogP contribution in [0, 0.1) is 6.10 Å².